The van der Waals surface area contributed by atoms with E-state index in [-0.39, 0.29) is 23.0 Å². The number of hydrogen-bond donors (Lipinski definition) is 0. The molecule has 1 spiro atoms. The van der Waals surface area contributed by atoms with Crippen molar-refractivity contribution >= 4 is 46.6 Å². The zero-order chi connectivity index (χ0) is 25.5. The maximum Gasteiger partial charge on any atom is 0.269 e. The van der Waals surface area contributed by atoms with Gasteiger partial charge in [-0.05, 0) is 67.8 Å². The second kappa shape index (κ2) is 7.77. The Hall–Kier alpha value is -2.96. The Kier molecular flexibility index (Phi) is 5.06. The van der Waals surface area contributed by atoms with Crippen molar-refractivity contribution in [2.75, 3.05) is 22.7 Å². The van der Waals surface area contributed by atoms with Crippen LogP contribution in [0.2, 0.25) is 5.02 Å². The number of methoxy groups -OCH3 is 1. The minimum absolute atomic E-state index is 0.0558. The third-order valence-electron chi connectivity index (χ3n) is 7.88. The fraction of sp³-hybridized carbons (Fsp3) is 0.310. The first-order valence-electron chi connectivity index (χ1n) is 12.0. The van der Waals surface area contributed by atoms with Crippen LogP contribution >= 0.6 is 23.4 Å². The van der Waals surface area contributed by atoms with Gasteiger partial charge >= 0.3 is 0 Å². The Morgan fingerprint density at radius 1 is 0.889 bits per heavy atom. The molecule has 0 saturated carbocycles. The van der Waals surface area contributed by atoms with Gasteiger partial charge in [0.1, 0.15) is 5.75 Å². The third-order valence-corrected chi connectivity index (χ3v) is 9.52. The average molecular weight is 519 g/mol. The quantitative estimate of drug-likeness (QED) is 0.419. The van der Waals surface area contributed by atoms with E-state index in [1.165, 1.54) is 11.8 Å². The molecule has 0 N–H and O–H groups in total. The lowest BCUT2D eigenvalue weighted by Crippen LogP contribution is -2.58. The highest BCUT2D eigenvalue weighted by Crippen LogP contribution is 2.62. The maximum absolute atomic E-state index is 14.5. The first kappa shape index (κ1) is 23.4. The van der Waals surface area contributed by atoms with Gasteiger partial charge in [-0.2, -0.15) is 0 Å². The van der Waals surface area contributed by atoms with Crippen molar-refractivity contribution in [2.24, 2.45) is 0 Å². The fourth-order valence-corrected chi connectivity index (χ4v) is 7.91. The Balaban J connectivity index is 1.59. The molecule has 5 nitrogen and oxygen atoms in total. The van der Waals surface area contributed by atoms with Crippen molar-refractivity contribution in [1.82, 2.24) is 0 Å². The summed E-state index contributed by atoms with van der Waals surface area (Å²) in [5, 5.41) is 0.697. The topological polar surface area (TPSA) is 49.9 Å². The van der Waals surface area contributed by atoms with Crippen LogP contribution < -0.4 is 14.5 Å². The number of carbonyl (C=O) groups excluding carboxylic acids is 2. The van der Waals surface area contributed by atoms with E-state index in [0.29, 0.717) is 16.5 Å². The van der Waals surface area contributed by atoms with Crippen LogP contribution in [0, 0.1) is 0 Å². The number of ether oxygens (including phenoxy) is 1. The molecule has 3 heterocycles. The molecule has 2 atom stereocenters. The van der Waals surface area contributed by atoms with Gasteiger partial charge in [0.05, 0.1) is 18.6 Å². The third kappa shape index (κ3) is 2.97. The molecule has 0 aliphatic carbocycles. The first-order valence-corrected chi connectivity index (χ1v) is 13.4. The highest BCUT2D eigenvalue weighted by atomic mass is 35.5. The summed E-state index contributed by atoms with van der Waals surface area (Å²) in [6, 6.07) is 21.5. The molecule has 7 heteroatoms. The van der Waals surface area contributed by atoms with Crippen molar-refractivity contribution in [3.8, 4) is 5.75 Å². The van der Waals surface area contributed by atoms with E-state index in [0.717, 1.165) is 28.8 Å². The van der Waals surface area contributed by atoms with Gasteiger partial charge in [-0.1, -0.05) is 48.9 Å². The number of rotatable bonds is 3. The number of halogens is 1. The number of nitrogens with zero attached hydrogens (tertiary/aromatic N) is 2. The minimum atomic E-state index is -1.14. The summed E-state index contributed by atoms with van der Waals surface area (Å²) < 4.78 is 5.32. The molecule has 2 amide bonds. The van der Waals surface area contributed by atoms with Gasteiger partial charge in [-0.3, -0.25) is 14.5 Å². The Morgan fingerprint density at radius 3 is 2.22 bits per heavy atom. The fourth-order valence-electron chi connectivity index (χ4n) is 6.45. The molecular formula is C29H27ClN2O3S. The number of hydrogen-bond acceptors (Lipinski definition) is 4. The largest absolute Gasteiger partial charge is 0.497 e. The van der Waals surface area contributed by atoms with Crippen molar-refractivity contribution < 1.29 is 14.3 Å². The van der Waals surface area contributed by atoms with Gasteiger partial charge in [0.15, 0.2) is 0 Å². The monoisotopic (exact) mass is 518 g/mol. The number of carbonyl (C=O) groups is 2. The van der Waals surface area contributed by atoms with E-state index in [1.54, 1.807) is 12.0 Å². The molecule has 1 fully saturated rings. The van der Waals surface area contributed by atoms with E-state index < -0.39 is 10.4 Å². The highest BCUT2D eigenvalue weighted by molar-refractivity contribution is 8.02. The average Bonchev–Trinajstić information content (AvgIpc) is 3.33. The SMILES string of the molecule is COc1ccc(N2C(=O)CS[C@]23C(=O)N2c4c(cccc43)[C@@](C)(c3ccc(Cl)cc3)CC2(C)C)cc1. The van der Waals surface area contributed by atoms with Crippen LogP contribution in [0.15, 0.2) is 66.7 Å². The number of amides is 2. The molecule has 3 aromatic rings. The molecule has 0 aromatic heterocycles. The highest BCUT2D eigenvalue weighted by Gasteiger charge is 2.65. The molecule has 1 saturated heterocycles. The van der Waals surface area contributed by atoms with E-state index >= 15 is 0 Å². The lowest BCUT2D eigenvalue weighted by atomic mass is 9.65. The molecule has 3 aliphatic rings. The van der Waals surface area contributed by atoms with Crippen LogP contribution in [0.5, 0.6) is 5.75 Å². The van der Waals surface area contributed by atoms with Gasteiger partial charge in [0.25, 0.3) is 5.91 Å². The van der Waals surface area contributed by atoms with Gasteiger partial charge < -0.3 is 9.64 Å². The van der Waals surface area contributed by atoms with Crippen LogP contribution in [-0.4, -0.2) is 30.2 Å². The van der Waals surface area contributed by atoms with E-state index in [2.05, 4.69) is 39.0 Å². The molecule has 184 valence electrons. The second-order valence-corrected chi connectivity index (χ2v) is 12.1. The summed E-state index contributed by atoms with van der Waals surface area (Å²) in [7, 11) is 1.61. The molecule has 0 radical (unpaired) electrons. The molecular weight excluding hydrogens is 492 g/mol. The molecule has 0 bridgehead atoms. The number of benzene rings is 3. The minimum Gasteiger partial charge on any atom is -0.497 e. The van der Waals surface area contributed by atoms with Gasteiger partial charge in [0, 0.05) is 27.2 Å². The summed E-state index contributed by atoms with van der Waals surface area (Å²) in [5.74, 6) is 0.811. The summed E-state index contributed by atoms with van der Waals surface area (Å²) >= 11 is 7.63. The predicted molar refractivity (Wildman–Crippen MR) is 145 cm³/mol. The van der Waals surface area contributed by atoms with Crippen molar-refractivity contribution in [3.63, 3.8) is 0 Å². The van der Waals surface area contributed by atoms with Crippen LogP contribution in [-0.2, 0) is 19.9 Å². The van der Waals surface area contributed by atoms with Crippen LogP contribution in [0.3, 0.4) is 0 Å². The number of anilines is 2. The van der Waals surface area contributed by atoms with E-state index in [4.69, 9.17) is 16.3 Å². The van der Waals surface area contributed by atoms with Gasteiger partial charge in [0.2, 0.25) is 10.8 Å². The normalized spacial score (nSPS) is 26.0. The molecule has 36 heavy (non-hydrogen) atoms. The van der Waals surface area contributed by atoms with Crippen LogP contribution in [0.1, 0.15) is 43.9 Å². The lowest BCUT2D eigenvalue weighted by Gasteiger charge is -2.50. The standard InChI is InChI=1S/C29H27ClN2O3S/c1-27(2)17-28(3,18-8-10-19(30)11-9-18)22-6-5-7-23-25(22)32(27)26(34)29(23)31(24(33)16-36-29)20-12-14-21(35-4)15-13-20/h5-15H,16-17H2,1-4H3/t28-,29-/m1/s1. The molecule has 3 aliphatic heterocycles. The first-order chi connectivity index (χ1) is 17.1. The second-order valence-electron chi connectivity index (χ2n) is 10.5. The molecule has 6 rings (SSSR count). The maximum atomic E-state index is 14.5. The number of para-hydroxylation sites is 1. The molecule has 3 aromatic carbocycles. The smallest absolute Gasteiger partial charge is 0.269 e. The lowest BCUT2D eigenvalue weighted by molar-refractivity contribution is -0.124. The summed E-state index contributed by atoms with van der Waals surface area (Å²) in [6.07, 6.45) is 0.737. The van der Waals surface area contributed by atoms with Crippen molar-refractivity contribution in [1.29, 1.82) is 0 Å². The Bertz CT molecular complexity index is 1410. The number of fused-ring (bicyclic) bond motifs is 1. The predicted octanol–water partition coefficient (Wildman–Crippen LogP) is 6.12. The summed E-state index contributed by atoms with van der Waals surface area (Å²) in [5.41, 5.74) is 3.94. The van der Waals surface area contributed by atoms with Gasteiger partial charge in [-0.15, -0.1) is 11.8 Å². The Morgan fingerprint density at radius 2 is 1.56 bits per heavy atom. The van der Waals surface area contributed by atoms with Gasteiger partial charge in [-0.25, -0.2) is 0 Å². The summed E-state index contributed by atoms with van der Waals surface area (Å²) in [6.45, 7) is 6.49. The van der Waals surface area contributed by atoms with Crippen molar-refractivity contribution in [3.05, 3.63) is 88.4 Å². The Labute approximate surface area is 220 Å². The van der Waals surface area contributed by atoms with Crippen molar-refractivity contribution in [2.45, 2.75) is 43.0 Å². The van der Waals surface area contributed by atoms with E-state index in [9.17, 15) is 9.59 Å². The number of thioether (sulfide) groups is 1. The van der Waals surface area contributed by atoms with Crippen LogP contribution in [0.25, 0.3) is 0 Å². The summed E-state index contributed by atoms with van der Waals surface area (Å²) in [4.78, 5) is 30.4. The zero-order valence-corrected chi connectivity index (χ0v) is 22.2. The van der Waals surface area contributed by atoms with Crippen LogP contribution in [0.4, 0.5) is 11.4 Å². The van der Waals surface area contributed by atoms with E-state index in [1.807, 2.05) is 53.4 Å². The zero-order valence-electron chi connectivity index (χ0n) is 20.7. The molecule has 0 unspecified atom stereocenters.